The van der Waals surface area contributed by atoms with Crippen LogP contribution in [0.5, 0.6) is 0 Å². The summed E-state index contributed by atoms with van der Waals surface area (Å²) in [6.45, 7) is 0.523. The van der Waals surface area contributed by atoms with Gasteiger partial charge in [-0.15, -0.1) is 0 Å². The van der Waals surface area contributed by atoms with Crippen LogP contribution in [-0.4, -0.2) is 12.0 Å². The number of aromatic nitrogens is 1. The highest BCUT2D eigenvalue weighted by Crippen LogP contribution is 2.33. The van der Waals surface area contributed by atoms with Gasteiger partial charge in [-0.25, -0.2) is 4.39 Å². The van der Waals surface area contributed by atoms with Gasteiger partial charge in [0.1, 0.15) is 5.82 Å². The van der Waals surface area contributed by atoms with Crippen LogP contribution in [0.15, 0.2) is 58.5 Å². The molecule has 4 heteroatoms. The molecule has 0 unspecified atom stereocenters. The van der Waals surface area contributed by atoms with Gasteiger partial charge in [-0.1, -0.05) is 36.0 Å². The number of rotatable bonds is 4. The first-order valence-electron chi connectivity index (χ1n) is 6.45. The van der Waals surface area contributed by atoms with Gasteiger partial charge in [0, 0.05) is 27.9 Å². The van der Waals surface area contributed by atoms with E-state index in [-0.39, 0.29) is 5.82 Å². The number of nitrogens with one attached hydrogen (secondary N) is 2. The minimum atomic E-state index is -0.166. The molecule has 2 aromatic carbocycles. The van der Waals surface area contributed by atoms with Gasteiger partial charge in [-0.2, -0.15) is 0 Å². The van der Waals surface area contributed by atoms with Gasteiger partial charge in [0.05, 0.1) is 5.03 Å². The zero-order chi connectivity index (χ0) is 13.9. The quantitative estimate of drug-likeness (QED) is 0.753. The molecule has 1 aromatic heterocycles. The highest BCUT2D eigenvalue weighted by molar-refractivity contribution is 7.99. The van der Waals surface area contributed by atoms with Gasteiger partial charge in [0.2, 0.25) is 0 Å². The number of hydrogen-bond acceptors (Lipinski definition) is 2. The van der Waals surface area contributed by atoms with Crippen LogP contribution in [0.1, 0.15) is 5.56 Å². The molecule has 0 radical (unpaired) electrons. The minimum absolute atomic E-state index is 0.166. The Bertz CT molecular complexity index is 703. The summed E-state index contributed by atoms with van der Waals surface area (Å²) in [5.74, 6) is -0.166. The molecule has 2 nitrogen and oxygen atoms in total. The monoisotopic (exact) mass is 286 g/mol. The zero-order valence-electron chi connectivity index (χ0n) is 11.1. The second-order valence-corrected chi connectivity index (χ2v) is 5.65. The van der Waals surface area contributed by atoms with Gasteiger partial charge >= 0.3 is 0 Å². The van der Waals surface area contributed by atoms with Gasteiger partial charge in [-0.05, 0) is 31.3 Å². The first-order chi connectivity index (χ1) is 9.78. The molecule has 20 heavy (non-hydrogen) atoms. The molecule has 0 spiro atoms. The van der Waals surface area contributed by atoms with Crippen LogP contribution in [0.25, 0.3) is 10.9 Å². The number of hydrogen-bond donors (Lipinski definition) is 2. The van der Waals surface area contributed by atoms with Crippen LogP contribution >= 0.6 is 11.8 Å². The zero-order valence-corrected chi connectivity index (χ0v) is 11.9. The van der Waals surface area contributed by atoms with Crippen molar-refractivity contribution in [1.29, 1.82) is 0 Å². The van der Waals surface area contributed by atoms with Crippen molar-refractivity contribution in [2.24, 2.45) is 0 Å². The van der Waals surface area contributed by atoms with E-state index < -0.39 is 0 Å². The highest BCUT2D eigenvalue weighted by Gasteiger charge is 2.10. The second kappa shape index (κ2) is 5.69. The number of benzene rings is 2. The Labute approximate surface area is 121 Å². The maximum absolute atomic E-state index is 13.9. The van der Waals surface area contributed by atoms with E-state index in [2.05, 4.69) is 22.4 Å². The third-order valence-electron chi connectivity index (χ3n) is 3.15. The molecule has 3 aromatic rings. The van der Waals surface area contributed by atoms with E-state index in [4.69, 9.17) is 0 Å². The van der Waals surface area contributed by atoms with E-state index in [0.29, 0.717) is 12.1 Å². The lowest BCUT2D eigenvalue weighted by molar-refractivity contribution is 0.594. The standard InChI is InChI=1S/C16H15FN2S/c1-18-10-12-13(17)6-4-8-15(12)20-16-9-11-5-2-3-7-14(11)19-16/h2-9,18-19H,10H2,1H3. The average molecular weight is 286 g/mol. The summed E-state index contributed by atoms with van der Waals surface area (Å²) in [4.78, 5) is 4.29. The van der Waals surface area contributed by atoms with Gasteiger partial charge in [0.15, 0.2) is 0 Å². The molecule has 2 N–H and O–H groups in total. The Morgan fingerprint density at radius 2 is 2.00 bits per heavy atom. The van der Waals surface area contributed by atoms with Crippen molar-refractivity contribution in [3.8, 4) is 0 Å². The second-order valence-electron chi connectivity index (χ2n) is 4.57. The molecule has 0 aliphatic heterocycles. The molecule has 102 valence electrons. The van der Waals surface area contributed by atoms with Gasteiger partial charge in [-0.3, -0.25) is 0 Å². The smallest absolute Gasteiger partial charge is 0.128 e. The predicted octanol–water partition coefficient (Wildman–Crippen LogP) is 4.18. The van der Waals surface area contributed by atoms with Crippen molar-refractivity contribution < 1.29 is 4.39 Å². The van der Waals surface area contributed by atoms with E-state index in [1.54, 1.807) is 17.8 Å². The molecular formula is C16H15FN2S. The highest BCUT2D eigenvalue weighted by atomic mass is 32.2. The number of fused-ring (bicyclic) bond motifs is 1. The van der Waals surface area contributed by atoms with Crippen LogP contribution < -0.4 is 5.32 Å². The molecular weight excluding hydrogens is 271 g/mol. The molecule has 0 aliphatic carbocycles. The Kier molecular flexibility index (Phi) is 3.76. The Balaban J connectivity index is 1.96. The Morgan fingerprint density at radius 1 is 1.15 bits per heavy atom. The van der Waals surface area contributed by atoms with Crippen molar-refractivity contribution in [2.45, 2.75) is 16.5 Å². The van der Waals surface area contributed by atoms with Crippen LogP contribution in [0, 0.1) is 5.82 Å². The largest absolute Gasteiger partial charge is 0.349 e. The van der Waals surface area contributed by atoms with Crippen molar-refractivity contribution in [3.05, 3.63) is 59.9 Å². The van der Waals surface area contributed by atoms with Gasteiger partial charge in [0.25, 0.3) is 0 Å². The molecule has 0 aliphatic rings. The van der Waals surface area contributed by atoms with Gasteiger partial charge < -0.3 is 10.3 Å². The van der Waals surface area contributed by atoms with Crippen LogP contribution in [0.4, 0.5) is 4.39 Å². The maximum Gasteiger partial charge on any atom is 0.128 e. The minimum Gasteiger partial charge on any atom is -0.349 e. The first-order valence-corrected chi connectivity index (χ1v) is 7.27. The number of halogens is 1. The molecule has 0 bridgehead atoms. The first kappa shape index (κ1) is 13.2. The Morgan fingerprint density at radius 3 is 2.80 bits per heavy atom. The molecule has 0 saturated heterocycles. The molecule has 0 saturated carbocycles. The van der Waals surface area contributed by atoms with Crippen LogP contribution in [-0.2, 0) is 6.54 Å². The molecule has 0 atom stereocenters. The lowest BCUT2D eigenvalue weighted by Crippen LogP contribution is -2.08. The molecule has 1 heterocycles. The number of aromatic amines is 1. The van der Waals surface area contributed by atoms with E-state index in [9.17, 15) is 4.39 Å². The van der Waals surface area contributed by atoms with Crippen LogP contribution in [0.3, 0.4) is 0 Å². The van der Waals surface area contributed by atoms with Crippen molar-refractivity contribution in [2.75, 3.05) is 7.05 Å². The fourth-order valence-corrected chi connectivity index (χ4v) is 3.23. The van der Waals surface area contributed by atoms with Crippen molar-refractivity contribution in [1.82, 2.24) is 10.3 Å². The van der Waals surface area contributed by atoms with E-state index in [0.717, 1.165) is 15.4 Å². The summed E-state index contributed by atoms with van der Waals surface area (Å²) in [5.41, 5.74) is 1.81. The molecule has 3 rings (SSSR count). The predicted molar refractivity (Wildman–Crippen MR) is 81.6 cm³/mol. The average Bonchev–Trinajstić information content (AvgIpc) is 2.85. The third-order valence-corrected chi connectivity index (χ3v) is 4.20. The summed E-state index contributed by atoms with van der Waals surface area (Å²) in [7, 11) is 1.82. The summed E-state index contributed by atoms with van der Waals surface area (Å²) >= 11 is 1.56. The van der Waals surface area contributed by atoms with E-state index in [1.807, 2.05) is 31.3 Å². The summed E-state index contributed by atoms with van der Waals surface area (Å²) in [6, 6.07) is 15.4. The lowest BCUT2D eigenvalue weighted by Gasteiger charge is -2.08. The number of H-pyrrole nitrogens is 1. The molecule has 0 fully saturated rings. The Hall–Kier alpha value is -1.78. The summed E-state index contributed by atoms with van der Waals surface area (Å²) in [6.07, 6.45) is 0. The third kappa shape index (κ3) is 2.57. The topological polar surface area (TPSA) is 27.8 Å². The number of para-hydroxylation sites is 1. The summed E-state index contributed by atoms with van der Waals surface area (Å²) < 4.78 is 13.9. The fraction of sp³-hybridized carbons (Fsp3) is 0.125. The fourth-order valence-electron chi connectivity index (χ4n) is 2.20. The van der Waals surface area contributed by atoms with E-state index in [1.165, 1.54) is 11.5 Å². The maximum atomic E-state index is 13.9. The SMILES string of the molecule is CNCc1c(F)cccc1Sc1cc2ccccc2[nH]1. The molecule has 0 amide bonds. The normalized spacial score (nSPS) is 11.1. The lowest BCUT2D eigenvalue weighted by atomic mass is 10.2. The summed E-state index contributed by atoms with van der Waals surface area (Å²) in [5, 5.41) is 5.20. The van der Waals surface area contributed by atoms with Crippen molar-refractivity contribution in [3.63, 3.8) is 0 Å². The van der Waals surface area contributed by atoms with E-state index >= 15 is 0 Å². The van der Waals surface area contributed by atoms with Crippen LogP contribution in [0.2, 0.25) is 0 Å². The van der Waals surface area contributed by atoms with Crippen molar-refractivity contribution >= 4 is 22.7 Å².